The molecule has 98 valence electrons. The number of ether oxygens (including phenoxy) is 2. The van der Waals surface area contributed by atoms with E-state index in [0.717, 1.165) is 19.5 Å². The third-order valence-electron chi connectivity index (χ3n) is 3.07. The van der Waals surface area contributed by atoms with Crippen molar-refractivity contribution >= 4 is 10.9 Å². The zero-order valence-electron chi connectivity index (χ0n) is 10.9. The fourth-order valence-electron chi connectivity index (χ4n) is 2.05. The summed E-state index contributed by atoms with van der Waals surface area (Å²) in [5.74, 6) is 0. The van der Waals surface area contributed by atoms with E-state index >= 15 is 0 Å². The van der Waals surface area contributed by atoms with Gasteiger partial charge in [-0.2, -0.15) is 0 Å². The number of aromatic nitrogens is 1. The Bertz CT molecular complexity index is 477. The lowest BCUT2D eigenvalue weighted by Crippen LogP contribution is -2.22. The highest BCUT2D eigenvalue weighted by molar-refractivity contribution is 5.82. The van der Waals surface area contributed by atoms with Crippen LogP contribution >= 0.6 is 0 Å². The average molecular weight is 248 g/mol. The van der Waals surface area contributed by atoms with Gasteiger partial charge in [0, 0.05) is 50.8 Å². The minimum Gasteiger partial charge on any atom is -0.361 e. The Morgan fingerprint density at radius 1 is 1.22 bits per heavy atom. The Morgan fingerprint density at radius 3 is 2.78 bits per heavy atom. The molecular formula is C14H20N2O2. The molecule has 0 aliphatic rings. The second kappa shape index (κ2) is 6.54. The van der Waals surface area contributed by atoms with Gasteiger partial charge < -0.3 is 19.8 Å². The lowest BCUT2D eigenvalue weighted by atomic mass is 10.2. The largest absolute Gasteiger partial charge is 0.361 e. The molecule has 0 saturated carbocycles. The number of rotatable bonds is 7. The van der Waals surface area contributed by atoms with Gasteiger partial charge in [-0.25, -0.2) is 0 Å². The molecule has 1 aromatic carbocycles. The van der Waals surface area contributed by atoms with Crippen molar-refractivity contribution in [1.82, 2.24) is 10.3 Å². The van der Waals surface area contributed by atoms with E-state index in [1.807, 2.05) is 6.07 Å². The van der Waals surface area contributed by atoms with Crippen LogP contribution < -0.4 is 5.32 Å². The van der Waals surface area contributed by atoms with Crippen LogP contribution in [-0.4, -0.2) is 32.0 Å². The monoisotopic (exact) mass is 248 g/mol. The summed E-state index contributed by atoms with van der Waals surface area (Å²) in [6.07, 6.45) is 2.78. The van der Waals surface area contributed by atoms with Gasteiger partial charge in [0.25, 0.3) is 0 Å². The third kappa shape index (κ3) is 3.10. The Labute approximate surface area is 107 Å². The molecule has 1 aromatic heterocycles. The van der Waals surface area contributed by atoms with Gasteiger partial charge in [-0.15, -0.1) is 0 Å². The van der Waals surface area contributed by atoms with Gasteiger partial charge in [0.05, 0.1) is 0 Å². The SMILES string of the molecule is COC(CCNCc1c[nH]c2ccccc12)OC. The smallest absolute Gasteiger partial charge is 0.158 e. The van der Waals surface area contributed by atoms with Crippen molar-refractivity contribution in [2.24, 2.45) is 0 Å². The Hall–Kier alpha value is -1.36. The topological polar surface area (TPSA) is 46.3 Å². The Kier molecular flexibility index (Phi) is 4.75. The van der Waals surface area contributed by atoms with Crippen molar-refractivity contribution in [3.8, 4) is 0 Å². The first-order valence-electron chi connectivity index (χ1n) is 6.16. The molecule has 18 heavy (non-hydrogen) atoms. The molecule has 0 amide bonds. The van der Waals surface area contributed by atoms with Crippen molar-refractivity contribution in [2.45, 2.75) is 19.3 Å². The van der Waals surface area contributed by atoms with Crippen LogP contribution in [0.2, 0.25) is 0 Å². The van der Waals surface area contributed by atoms with Crippen LogP contribution in [0.15, 0.2) is 30.5 Å². The molecule has 0 fully saturated rings. The van der Waals surface area contributed by atoms with E-state index in [0.29, 0.717) is 0 Å². The molecule has 0 unspecified atom stereocenters. The van der Waals surface area contributed by atoms with Crippen LogP contribution in [0.1, 0.15) is 12.0 Å². The fraction of sp³-hybridized carbons (Fsp3) is 0.429. The van der Waals surface area contributed by atoms with Crippen LogP contribution in [0.4, 0.5) is 0 Å². The molecule has 0 aliphatic carbocycles. The molecule has 0 atom stereocenters. The molecule has 2 rings (SSSR count). The van der Waals surface area contributed by atoms with E-state index in [-0.39, 0.29) is 6.29 Å². The van der Waals surface area contributed by atoms with Gasteiger partial charge in [-0.3, -0.25) is 0 Å². The fourth-order valence-corrected chi connectivity index (χ4v) is 2.05. The lowest BCUT2D eigenvalue weighted by molar-refractivity contribution is -0.105. The summed E-state index contributed by atoms with van der Waals surface area (Å²) in [4.78, 5) is 3.27. The summed E-state index contributed by atoms with van der Waals surface area (Å²) in [7, 11) is 3.32. The number of H-pyrrole nitrogens is 1. The number of hydrogen-bond donors (Lipinski definition) is 2. The van der Waals surface area contributed by atoms with Crippen LogP contribution in [0.5, 0.6) is 0 Å². The predicted octanol–water partition coefficient (Wildman–Crippen LogP) is 2.27. The Morgan fingerprint density at radius 2 is 2.00 bits per heavy atom. The van der Waals surface area contributed by atoms with E-state index in [1.54, 1.807) is 14.2 Å². The minimum atomic E-state index is -0.125. The number of nitrogens with one attached hydrogen (secondary N) is 2. The highest BCUT2D eigenvalue weighted by atomic mass is 16.7. The standard InChI is InChI=1S/C14H20N2O2/c1-17-14(18-2)7-8-15-9-11-10-16-13-6-4-3-5-12(11)13/h3-6,10,14-16H,7-9H2,1-2H3. The van der Waals surface area contributed by atoms with Gasteiger partial charge in [0.2, 0.25) is 0 Å². The van der Waals surface area contributed by atoms with E-state index in [1.165, 1.54) is 16.5 Å². The normalized spacial score (nSPS) is 11.5. The molecule has 0 bridgehead atoms. The first kappa shape index (κ1) is 13.1. The van der Waals surface area contributed by atoms with Crippen LogP contribution in [-0.2, 0) is 16.0 Å². The number of fused-ring (bicyclic) bond motifs is 1. The maximum absolute atomic E-state index is 5.14. The Balaban J connectivity index is 1.83. The number of hydrogen-bond acceptors (Lipinski definition) is 3. The maximum atomic E-state index is 5.14. The van der Waals surface area contributed by atoms with Gasteiger partial charge in [-0.1, -0.05) is 18.2 Å². The molecule has 2 N–H and O–H groups in total. The summed E-state index contributed by atoms with van der Waals surface area (Å²) < 4.78 is 10.3. The molecule has 0 aliphatic heterocycles. The molecule has 0 radical (unpaired) electrons. The van der Waals surface area contributed by atoms with Gasteiger partial charge >= 0.3 is 0 Å². The first-order chi connectivity index (χ1) is 8.85. The minimum absolute atomic E-state index is 0.125. The van der Waals surface area contributed by atoms with Gasteiger partial charge in [0.15, 0.2) is 6.29 Å². The van der Waals surface area contributed by atoms with Gasteiger partial charge in [0.1, 0.15) is 0 Å². The van der Waals surface area contributed by atoms with Crippen LogP contribution in [0.3, 0.4) is 0 Å². The average Bonchev–Trinajstić information content (AvgIpc) is 2.82. The zero-order chi connectivity index (χ0) is 12.8. The number of benzene rings is 1. The molecule has 0 saturated heterocycles. The summed E-state index contributed by atoms with van der Waals surface area (Å²) in [5, 5.41) is 4.68. The molecule has 1 heterocycles. The number of aromatic amines is 1. The number of para-hydroxylation sites is 1. The summed E-state index contributed by atoms with van der Waals surface area (Å²) in [5.41, 5.74) is 2.47. The van der Waals surface area contributed by atoms with Crippen molar-refractivity contribution < 1.29 is 9.47 Å². The van der Waals surface area contributed by atoms with Crippen molar-refractivity contribution in [3.63, 3.8) is 0 Å². The lowest BCUT2D eigenvalue weighted by Gasteiger charge is -2.13. The highest BCUT2D eigenvalue weighted by Gasteiger charge is 2.05. The molecular weight excluding hydrogens is 228 g/mol. The zero-order valence-corrected chi connectivity index (χ0v) is 10.9. The third-order valence-corrected chi connectivity index (χ3v) is 3.07. The quantitative estimate of drug-likeness (QED) is 0.583. The summed E-state index contributed by atoms with van der Waals surface area (Å²) in [6.45, 7) is 1.72. The van der Waals surface area contributed by atoms with Gasteiger partial charge in [-0.05, 0) is 11.6 Å². The second-order valence-electron chi connectivity index (χ2n) is 4.23. The predicted molar refractivity (Wildman–Crippen MR) is 72.4 cm³/mol. The first-order valence-corrected chi connectivity index (χ1v) is 6.16. The molecule has 4 nitrogen and oxygen atoms in total. The van der Waals surface area contributed by atoms with E-state index in [9.17, 15) is 0 Å². The van der Waals surface area contributed by atoms with E-state index in [2.05, 4.69) is 34.7 Å². The highest BCUT2D eigenvalue weighted by Crippen LogP contribution is 2.17. The second-order valence-corrected chi connectivity index (χ2v) is 4.23. The van der Waals surface area contributed by atoms with Crippen molar-refractivity contribution in [1.29, 1.82) is 0 Å². The molecule has 2 aromatic rings. The van der Waals surface area contributed by atoms with E-state index in [4.69, 9.17) is 9.47 Å². The van der Waals surface area contributed by atoms with Crippen molar-refractivity contribution in [2.75, 3.05) is 20.8 Å². The maximum Gasteiger partial charge on any atom is 0.158 e. The van der Waals surface area contributed by atoms with Crippen LogP contribution in [0.25, 0.3) is 10.9 Å². The van der Waals surface area contributed by atoms with E-state index < -0.39 is 0 Å². The van der Waals surface area contributed by atoms with Crippen molar-refractivity contribution in [3.05, 3.63) is 36.0 Å². The molecule has 0 spiro atoms. The summed E-state index contributed by atoms with van der Waals surface area (Å²) >= 11 is 0. The molecule has 4 heteroatoms. The number of methoxy groups -OCH3 is 2. The van der Waals surface area contributed by atoms with Crippen LogP contribution in [0, 0.1) is 0 Å². The summed E-state index contributed by atoms with van der Waals surface area (Å²) in [6, 6.07) is 8.32.